The molecule has 4 heterocycles. The van der Waals surface area contributed by atoms with Crippen LogP contribution in [0.15, 0.2) is 18.2 Å². The number of ketones is 2. The first-order valence-electron chi connectivity index (χ1n) is 14.4. The zero-order chi connectivity index (χ0) is 27.1. The van der Waals surface area contributed by atoms with Crippen LogP contribution in [0.1, 0.15) is 92.2 Å². The summed E-state index contributed by atoms with van der Waals surface area (Å²) in [6.07, 6.45) is 8.95. The summed E-state index contributed by atoms with van der Waals surface area (Å²) in [6.45, 7) is 3.21. The van der Waals surface area contributed by atoms with Crippen LogP contribution < -0.4 is 15.5 Å². The van der Waals surface area contributed by atoms with Crippen molar-refractivity contribution in [3.05, 3.63) is 29.3 Å². The van der Waals surface area contributed by atoms with Crippen molar-refractivity contribution in [2.75, 3.05) is 19.0 Å². The van der Waals surface area contributed by atoms with E-state index in [0.29, 0.717) is 24.3 Å². The molecule has 8 heteroatoms. The minimum absolute atomic E-state index is 0. The lowest BCUT2D eigenvalue weighted by Crippen LogP contribution is -2.52. The highest BCUT2D eigenvalue weighted by atomic mass is 16.2. The minimum atomic E-state index is -0.322. The van der Waals surface area contributed by atoms with E-state index in [1.54, 1.807) is 25.8 Å². The molecular formula is C33H54N4O4. The highest BCUT2D eigenvalue weighted by Crippen LogP contribution is 2.46. The third kappa shape index (κ3) is 6.14. The average molecular weight is 571 g/mol. The number of amides is 2. The Labute approximate surface area is 248 Å². The number of carbonyl (C=O) groups is 4. The molecule has 230 valence electrons. The van der Waals surface area contributed by atoms with Crippen LogP contribution in [0.5, 0.6) is 0 Å². The molecular weight excluding hydrogens is 516 g/mol. The van der Waals surface area contributed by atoms with Gasteiger partial charge in [-0.3, -0.25) is 24.1 Å². The minimum Gasteiger partial charge on any atom is -0.328 e. The molecule has 0 radical (unpaired) electrons. The SMILES string of the molecule is C.C.C.CNC1CCC2CCCC3CC(C(C)=O)N(C1=O)C23.CNC1CCc2cccc3c2N(C1=O)C(C(C)=O)C3. The van der Waals surface area contributed by atoms with Gasteiger partial charge in [0.25, 0.3) is 0 Å². The predicted octanol–water partition coefficient (Wildman–Crippen LogP) is 4.32. The van der Waals surface area contributed by atoms with Gasteiger partial charge in [-0.25, -0.2) is 0 Å². The Morgan fingerprint density at radius 1 is 0.780 bits per heavy atom. The van der Waals surface area contributed by atoms with Gasteiger partial charge in [0.15, 0.2) is 11.6 Å². The number of para-hydroxylation sites is 1. The number of rotatable bonds is 4. The van der Waals surface area contributed by atoms with Crippen LogP contribution >= 0.6 is 0 Å². The van der Waals surface area contributed by atoms with Crippen molar-refractivity contribution >= 4 is 29.1 Å². The molecule has 1 aliphatic carbocycles. The lowest BCUT2D eigenvalue weighted by Gasteiger charge is -2.38. The van der Waals surface area contributed by atoms with E-state index in [9.17, 15) is 19.2 Å². The molecule has 2 saturated heterocycles. The fraction of sp³-hybridized carbons (Fsp3) is 0.697. The van der Waals surface area contributed by atoms with E-state index >= 15 is 0 Å². The number of Topliss-reactive ketones (excluding diaryl/α,β-unsaturated/α-hetero) is 2. The van der Waals surface area contributed by atoms with Crippen molar-refractivity contribution < 1.29 is 19.2 Å². The van der Waals surface area contributed by atoms with Gasteiger partial charge in [0, 0.05) is 12.5 Å². The Hall–Kier alpha value is -2.58. The fourth-order valence-electron chi connectivity index (χ4n) is 7.84. The molecule has 0 bridgehead atoms. The number of hydrogen-bond acceptors (Lipinski definition) is 6. The van der Waals surface area contributed by atoms with Gasteiger partial charge >= 0.3 is 0 Å². The standard InChI is InChI=1S/C15H24N2O2.C15H18N2O2.3CH4/c2*1-9(18)13-8-11-5-3-4-10-6-7-12(16-2)15(19)17(13)14(10)11;;;/h10-14,16H,3-8H2,1-2H3;3-5,12-13,16H,6-8H2,1-2H3;3*1H4. The van der Waals surface area contributed by atoms with Crippen LogP contribution in [0.25, 0.3) is 0 Å². The topological polar surface area (TPSA) is 98.8 Å². The van der Waals surface area contributed by atoms with Crippen LogP contribution in [0.2, 0.25) is 0 Å². The second kappa shape index (κ2) is 14.1. The van der Waals surface area contributed by atoms with Crippen LogP contribution in [0.4, 0.5) is 5.69 Å². The molecule has 1 saturated carbocycles. The molecule has 3 fully saturated rings. The molecule has 0 aromatic heterocycles. The van der Waals surface area contributed by atoms with Gasteiger partial charge in [0.1, 0.15) is 0 Å². The molecule has 2 amide bonds. The quantitative estimate of drug-likeness (QED) is 0.560. The molecule has 7 unspecified atom stereocenters. The molecule has 6 rings (SSSR count). The van der Waals surface area contributed by atoms with Crippen molar-refractivity contribution in [1.29, 1.82) is 0 Å². The molecule has 8 nitrogen and oxygen atoms in total. The number of nitrogens with one attached hydrogen (secondary N) is 2. The van der Waals surface area contributed by atoms with Gasteiger partial charge in [-0.05, 0) is 95.9 Å². The number of aryl methyl sites for hydroxylation is 1. The summed E-state index contributed by atoms with van der Waals surface area (Å²) in [4.78, 5) is 52.8. The summed E-state index contributed by atoms with van der Waals surface area (Å²) in [7, 11) is 3.66. The number of benzene rings is 1. The van der Waals surface area contributed by atoms with Crippen LogP contribution in [-0.4, -0.2) is 72.6 Å². The lowest BCUT2D eigenvalue weighted by molar-refractivity contribution is -0.141. The largest absolute Gasteiger partial charge is 0.328 e. The van der Waals surface area contributed by atoms with Crippen molar-refractivity contribution in [1.82, 2.24) is 15.5 Å². The van der Waals surface area contributed by atoms with Crippen molar-refractivity contribution in [3.8, 4) is 0 Å². The van der Waals surface area contributed by atoms with Crippen molar-refractivity contribution in [3.63, 3.8) is 0 Å². The number of hydrogen-bond donors (Lipinski definition) is 2. The third-order valence-electron chi connectivity index (χ3n) is 9.72. The lowest BCUT2D eigenvalue weighted by atomic mass is 9.75. The average Bonchev–Trinajstić information content (AvgIpc) is 3.41. The number of anilines is 1. The zero-order valence-electron chi connectivity index (χ0n) is 23.2. The Bertz CT molecular complexity index is 1120. The fourth-order valence-corrected chi connectivity index (χ4v) is 7.84. The maximum Gasteiger partial charge on any atom is 0.244 e. The molecule has 4 aliphatic heterocycles. The summed E-state index contributed by atoms with van der Waals surface area (Å²) in [5.41, 5.74) is 3.31. The van der Waals surface area contributed by atoms with E-state index in [4.69, 9.17) is 0 Å². The summed E-state index contributed by atoms with van der Waals surface area (Å²) < 4.78 is 0. The van der Waals surface area contributed by atoms with Gasteiger partial charge < -0.3 is 15.5 Å². The monoisotopic (exact) mass is 570 g/mol. The van der Waals surface area contributed by atoms with Gasteiger partial charge in [-0.1, -0.05) is 46.9 Å². The Kier molecular flexibility index (Phi) is 11.9. The van der Waals surface area contributed by atoms with Crippen LogP contribution in [0, 0.1) is 11.8 Å². The molecule has 5 aliphatic rings. The summed E-state index contributed by atoms with van der Waals surface area (Å²) in [5, 5.41) is 6.22. The second-order valence-electron chi connectivity index (χ2n) is 11.8. The Morgan fingerprint density at radius 2 is 1.39 bits per heavy atom. The Morgan fingerprint density at radius 3 is 2.02 bits per heavy atom. The molecule has 41 heavy (non-hydrogen) atoms. The maximum atomic E-state index is 12.7. The Balaban J connectivity index is 0.000000267. The summed E-state index contributed by atoms with van der Waals surface area (Å²) in [6, 6.07) is 5.70. The number of likely N-dealkylation sites (N-methyl/N-ethyl adjacent to an activating group) is 2. The molecule has 2 N–H and O–H groups in total. The van der Waals surface area contributed by atoms with E-state index in [0.717, 1.165) is 43.4 Å². The molecule has 1 aromatic rings. The molecule has 0 spiro atoms. The molecule has 1 aromatic carbocycles. The highest BCUT2D eigenvalue weighted by Gasteiger charge is 2.52. The van der Waals surface area contributed by atoms with E-state index < -0.39 is 0 Å². The van der Waals surface area contributed by atoms with Crippen molar-refractivity contribution in [2.24, 2.45) is 11.8 Å². The second-order valence-corrected chi connectivity index (χ2v) is 11.8. The smallest absolute Gasteiger partial charge is 0.244 e. The number of carbonyl (C=O) groups excluding carboxylic acids is 4. The number of nitrogens with zero attached hydrogens (tertiary/aromatic N) is 2. The summed E-state index contributed by atoms with van der Waals surface area (Å²) >= 11 is 0. The third-order valence-corrected chi connectivity index (χ3v) is 9.72. The van der Waals surface area contributed by atoms with Crippen LogP contribution in [0.3, 0.4) is 0 Å². The van der Waals surface area contributed by atoms with E-state index in [1.807, 2.05) is 24.1 Å². The maximum absolute atomic E-state index is 12.7. The first-order valence-corrected chi connectivity index (χ1v) is 14.4. The first-order chi connectivity index (χ1) is 18.3. The van der Waals surface area contributed by atoms with E-state index in [-0.39, 0.29) is 69.8 Å². The zero-order valence-corrected chi connectivity index (χ0v) is 23.2. The van der Waals surface area contributed by atoms with Crippen molar-refractivity contribution in [2.45, 2.75) is 124 Å². The van der Waals surface area contributed by atoms with E-state index in [1.165, 1.54) is 24.8 Å². The van der Waals surface area contributed by atoms with Gasteiger partial charge in [-0.15, -0.1) is 0 Å². The first kappa shape index (κ1) is 34.6. The normalized spacial score (nSPS) is 31.1. The van der Waals surface area contributed by atoms with Gasteiger partial charge in [-0.2, -0.15) is 0 Å². The predicted molar refractivity (Wildman–Crippen MR) is 166 cm³/mol. The highest BCUT2D eigenvalue weighted by molar-refractivity contribution is 6.06. The molecule has 7 atom stereocenters. The van der Waals surface area contributed by atoms with Gasteiger partial charge in [0.2, 0.25) is 11.8 Å². The summed E-state index contributed by atoms with van der Waals surface area (Å²) in [5.74, 6) is 1.61. The van der Waals surface area contributed by atoms with Gasteiger partial charge in [0.05, 0.1) is 29.9 Å². The van der Waals surface area contributed by atoms with E-state index in [2.05, 4.69) is 16.7 Å². The van der Waals surface area contributed by atoms with Crippen LogP contribution in [-0.2, 0) is 32.0 Å².